The van der Waals surface area contributed by atoms with Crippen LogP contribution in [0.15, 0.2) is 18.2 Å². The van der Waals surface area contributed by atoms with Gasteiger partial charge in [0.2, 0.25) is 0 Å². The lowest BCUT2D eigenvalue weighted by molar-refractivity contribution is 0.0983. The molecule has 1 heterocycles. The van der Waals surface area contributed by atoms with Crippen molar-refractivity contribution in [2.75, 3.05) is 11.9 Å². The zero-order valence-electron chi connectivity index (χ0n) is 7.00. The van der Waals surface area contributed by atoms with Crippen molar-refractivity contribution < 1.29 is 4.79 Å². The summed E-state index contributed by atoms with van der Waals surface area (Å²) in [7, 11) is 0. The monoisotopic (exact) mass is 172 g/mol. The first-order valence-corrected chi connectivity index (χ1v) is 4.13. The van der Waals surface area contributed by atoms with Crippen LogP contribution in [0.25, 0.3) is 0 Å². The van der Waals surface area contributed by atoms with Crippen LogP contribution in [-0.4, -0.2) is 12.3 Å². The Labute approximate surface area is 76.0 Å². The molecule has 1 N–H and O–H groups in total. The fourth-order valence-electron chi connectivity index (χ4n) is 1.50. The van der Waals surface area contributed by atoms with E-state index in [2.05, 4.69) is 11.4 Å². The zero-order chi connectivity index (χ0) is 9.26. The molecule has 0 amide bonds. The average Bonchev–Trinajstić information content (AvgIpc) is 2.18. The van der Waals surface area contributed by atoms with Crippen molar-refractivity contribution in [3.05, 3.63) is 29.3 Å². The van der Waals surface area contributed by atoms with Crippen LogP contribution in [0.5, 0.6) is 0 Å². The first kappa shape index (κ1) is 7.81. The number of carbonyl (C=O) groups is 1. The van der Waals surface area contributed by atoms with E-state index < -0.39 is 0 Å². The number of ketones is 1. The van der Waals surface area contributed by atoms with Crippen molar-refractivity contribution in [2.24, 2.45) is 0 Å². The number of para-hydroxylation sites is 1. The Morgan fingerprint density at radius 1 is 1.46 bits per heavy atom. The molecule has 0 spiro atoms. The maximum Gasteiger partial charge on any atom is 0.166 e. The quantitative estimate of drug-likeness (QED) is 0.646. The van der Waals surface area contributed by atoms with Crippen LogP contribution in [0.2, 0.25) is 0 Å². The van der Waals surface area contributed by atoms with Gasteiger partial charge in [0.1, 0.15) is 6.07 Å². The Morgan fingerprint density at radius 2 is 2.31 bits per heavy atom. The van der Waals surface area contributed by atoms with Gasteiger partial charge in [-0.15, -0.1) is 0 Å². The van der Waals surface area contributed by atoms with E-state index in [0.717, 1.165) is 0 Å². The topological polar surface area (TPSA) is 52.9 Å². The van der Waals surface area contributed by atoms with Gasteiger partial charge in [0.05, 0.1) is 11.3 Å². The molecule has 0 saturated heterocycles. The molecule has 0 aliphatic carbocycles. The van der Waals surface area contributed by atoms with Gasteiger partial charge in [-0.25, -0.2) is 0 Å². The fourth-order valence-corrected chi connectivity index (χ4v) is 1.50. The van der Waals surface area contributed by atoms with Gasteiger partial charge in [-0.1, -0.05) is 6.07 Å². The number of nitrogens with zero attached hydrogens (tertiary/aromatic N) is 1. The second-order valence-corrected chi connectivity index (χ2v) is 2.94. The molecule has 1 aliphatic rings. The average molecular weight is 172 g/mol. The molecule has 13 heavy (non-hydrogen) atoms. The van der Waals surface area contributed by atoms with E-state index in [1.54, 1.807) is 18.2 Å². The van der Waals surface area contributed by atoms with Crippen molar-refractivity contribution in [3.63, 3.8) is 0 Å². The fraction of sp³-hybridized carbons (Fsp3) is 0.200. The number of fused-ring (bicyclic) bond motifs is 1. The third-order valence-electron chi connectivity index (χ3n) is 2.14. The Bertz CT molecular complexity index is 404. The van der Waals surface area contributed by atoms with Crippen LogP contribution in [0.3, 0.4) is 0 Å². The minimum Gasteiger partial charge on any atom is -0.383 e. The van der Waals surface area contributed by atoms with Gasteiger partial charge >= 0.3 is 0 Å². The molecule has 0 saturated carbocycles. The van der Waals surface area contributed by atoms with Gasteiger partial charge in [-0.05, 0) is 12.1 Å². The second kappa shape index (κ2) is 2.91. The summed E-state index contributed by atoms with van der Waals surface area (Å²) in [4.78, 5) is 11.4. The van der Waals surface area contributed by atoms with Crippen LogP contribution in [0, 0.1) is 11.3 Å². The van der Waals surface area contributed by atoms with Crippen molar-refractivity contribution in [1.29, 1.82) is 5.26 Å². The number of carbonyl (C=O) groups excluding carboxylic acids is 1. The summed E-state index contributed by atoms with van der Waals surface area (Å²) in [5.41, 5.74) is 1.89. The molecule has 2 rings (SSSR count). The summed E-state index contributed by atoms with van der Waals surface area (Å²) in [6.07, 6.45) is 0.516. The van der Waals surface area contributed by atoms with Crippen LogP contribution in [-0.2, 0) is 0 Å². The Morgan fingerprint density at radius 3 is 3.08 bits per heavy atom. The van der Waals surface area contributed by atoms with Crippen LogP contribution >= 0.6 is 0 Å². The number of nitriles is 1. The number of rotatable bonds is 0. The molecule has 0 aromatic heterocycles. The molecule has 1 aromatic rings. The maximum atomic E-state index is 11.4. The lowest BCUT2D eigenvalue weighted by Gasteiger charge is -2.17. The van der Waals surface area contributed by atoms with E-state index in [0.29, 0.717) is 29.8 Å². The predicted molar refractivity (Wildman–Crippen MR) is 48.6 cm³/mol. The van der Waals surface area contributed by atoms with Gasteiger partial charge in [0.15, 0.2) is 5.78 Å². The van der Waals surface area contributed by atoms with Crippen molar-refractivity contribution >= 4 is 11.5 Å². The Balaban J connectivity index is 2.63. The molecule has 0 bridgehead atoms. The smallest absolute Gasteiger partial charge is 0.166 e. The second-order valence-electron chi connectivity index (χ2n) is 2.94. The predicted octanol–water partition coefficient (Wildman–Crippen LogP) is 1.56. The molecule has 1 aromatic carbocycles. The molecular weight excluding hydrogens is 164 g/mol. The highest BCUT2D eigenvalue weighted by Gasteiger charge is 2.18. The normalized spacial score (nSPS) is 14.2. The number of benzene rings is 1. The van der Waals surface area contributed by atoms with E-state index in [1.165, 1.54) is 0 Å². The number of nitrogens with one attached hydrogen (secondary N) is 1. The van der Waals surface area contributed by atoms with Crippen LogP contribution < -0.4 is 5.32 Å². The van der Waals surface area contributed by atoms with E-state index in [4.69, 9.17) is 5.26 Å². The highest BCUT2D eigenvalue weighted by atomic mass is 16.1. The van der Waals surface area contributed by atoms with Gasteiger partial charge in [-0.3, -0.25) is 4.79 Å². The Hall–Kier alpha value is -1.82. The summed E-state index contributed by atoms with van der Waals surface area (Å²) in [6.45, 7) is 0.629. The summed E-state index contributed by atoms with van der Waals surface area (Å²) in [6, 6.07) is 7.27. The van der Waals surface area contributed by atoms with E-state index in [-0.39, 0.29) is 5.78 Å². The van der Waals surface area contributed by atoms with Crippen LogP contribution in [0.1, 0.15) is 22.3 Å². The molecule has 1 aliphatic heterocycles. The van der Waals surface area contributed by atoms with Gasteiger partial charge < -0.3 is 5.32 Å². The van der Waals surface area contributed by atoms with Gasteiger partial charge in [-0.2, -0.15) is 5.26 Å². The van der Waals surface area contributed by atoms with Crippen LogP contribution in [0.4, 0.5) is 5.69 Å². The Kier molecular flexibility index (Phi) is 1.75. The summed E-state index contributed by atoms with van der Waals surface area (Å²) >= 11 is 0. The number of hydrogen-bond donors (Lipinski definition) is 1. The van der Waals surface area contributed by atoms with Crippen molar-refractivity contribution in [1.82, 2.24) is 0 Å². The largest absolute Gasteiger partial charge is 0.383 e. The number of hydrogen-bond acceptors (Lipinski definition) is 3. The summed E-state index contributed by atoms with van der Waals surface area (Å²) in [5.74, 6) is 0.117. The molecule has 0 radical (unpaired) electrons. The lowest BCUT2D eigenvalue weighted by atomic mass is 9.99. The molecule has 3 heteroatoms. The third kappa shape index (κ3) is 1.17. The minimum atomic E-state index is 0.117. The van der Waals surface area contributed by atoms with Gasteiger partial charge in [0.25, 0.3) is 0 Å². The van der Waals surface area contributed by atoms with Gasteiger partial charge in [0, 0.05) is 18.5 Å². The number of Topliss-reactive ketones (excluding diaryl/α,β-unsaturated/α-hetero) is 1. The standard InChI is InChI=1S/C10H8N2O/c11-6-7-2-1-3-8-9(13)4-5-12-10(7)8/h1-3,12H,4-5H2. The molecule has 0 unspecified atom stereocenters. The van der Waals surface area contributed by atoms with E-state index in [1.807, 2.05) is 0 Å². The summed E-state index contributed by atoms with van der Waals surface area (Å²) < 4.78 is 0. The van der Waals surface area contributed by atoms with Crippen molar-refractivity contribution in [3.8, 4) is 6.07 Å². The lowest BCUT2D eigenvalue weighted by Crippen LogP contribution is -2.18. The van der Waals surface area contributed by atoms with E-state index in [9.17, 15) is 4.79 Å². The molecule has 3 nitrogen and oxygen atoms in total. The molecule has 0 fully saturated rings. The third-order valence-corrected chi connectivity index (χ3v) is 2.14. The molecular formula is C10H8N2O. The number of anilines is 1. The highest BCUT2D eigenvalue weighted by Crippen LogP contribution is 2.24. The maximum absolute atomic E-state index is 11.4. The zero-order valence-corrected chi connectivity index (χ0v) is 7.00. The highest BCUT2D eigenvalue weighted by molar-refractivity contribution is 6.04. The minimum absolute atomic E-state index is 0.117. The summed E-state index contributed by atoms with van der Waals surface area (Å²) in [5, 5.41) is 11.8. The van der Waals surface area contributed by atoms with E-state index >= 15 is 0 Å². The first-order chi connectivity index (χ1) is 6.33. The van der Waals surface area contributed by atoms with Crippen molar-refractivity contribution in [2.45, 2.75) is 6.42 Å². The SMILES string of the molecule is N#Cc1cccc2c1NCCC2=O. The molecule has 0 atom stereocenters. The molecule has 64 valence electrons. The first-order valence-electron chi connectivity index (χ1n) is 4.13.